The number of furan rings is 1. The Kier molecular flexibility index (Phi) is 4.78. The zero-order chi connectivity index (χ0) is 47.6. The normalized spacial score (nSPS) is 14.9. The number of anilines is 3. The van der Waals surface area contributed by atoms with Crippen molar-refractivity contribution in [3.05, 3.63) is 206 Å². The van der Waals surface area contributed by atoms with Crippen LogP contribution in [0.5, 0.6) is 0 Å². The summed E-state index contributed by atoms with van der Waals surface area (Å²) >= 11 is 0. The largest absolute Gasteiger partial charge is 0.455 e. The van der Waals surface area contributed by atoms with Crippen LogP contribution in [0.25, 0.3) is 82.5 Å². The van der Waals surface area contributed by atoms with Gasteiger partial charge >= 0.3 is 0 Å². The third-order valence-corrected chi connectivity index (χ3v) is 10.00. The van der Waals surface area contributed by atoms with Crippen molar-refractivity contribution in [1.82, 2.24) is 4.57 Å². The van der Waals surface area contributed by atoms with Crippen molar-refractivity contribution in [3.8, 4) is 27.9 Å². The number of benzene rings is 9. The minimum atomic E-state index is -0.678. The fraction of sp³-hybridized carbons (Fsp3) is 0. The van der Waals surface area contributed by atoms with E-state index in [0.29, 0.717) is 11.4 Å². The molecule has 2 aromatic heterocycles. The van der Waals surface area contributed by atoms with Gasteiger partial charge in [-0.05, 0) is 77.1 Å². The summed E-state index contributed by atoms with van der Waals surface area (Å²) in [6.45, 7) is 0. The molecular weight excluding hydrogens is 669 g/mol. The van der Waals surface area contributed by atoms with Crippen molar-refractivity contribution in [3.63, 3.8) is 0 Å². The van der Waals surface area contributed by atoms with E-state index in [-0.39, 0.29) is 44.0 Å². The molecule has 258 valence electrons. The van der Waals surface area contributed by atoms with Crippen molar-refractivity contribution >= 4 is 71.6 Å². The van der Waals surface area contributed by atoms with Gasteiger partial charge in [-0.1, -0.05) is 145 Å². The van der Waals surface area contributed by atoms with Gasteiger partial charge in [0, 0.05) is 55.1 Å². The van der Waals surface area contributed by atoms with Crippen molar-refractivity contribution in [2.24, 2.45) is 0 Å². The van der Waals surface area contributed by atoms with Gasteiger partial charge in [0.2, 0.25) is 0 Å². The summed E-state index contributed by atoms with van der Waals surface area (Å²) < 4.78 is 125. The van der Waals surface area contributed by atoms with Crippen LogP contribution in [-0.2, 0) is 0 Å². The predicted octanol–water partition coefficient (Wildman–Crippen LogP) is 14.6. The number of aromatic nitrogens is 1. The molecule has 9 aromatic carbocycles. The van der Waals surface area contributed by atoms with Gasteiger partial charge in [-0.2, -0.15) is 0 Å². The Morgan fingerprint density at radius 2 is 1.04 bits per heavy atom. The van der Waals surface area contributed by atoms with E-state index in [1.165, 1.54) is 0 Å². The van der Waals surface area contributed by atoms with Crippen molar-refractivity contribution in [2.75, 3.05) is 4.90 Å². The van der Waals surface area contributed by atoms with Gasteiger partial charge in [0.1, 0.15) is 11.2 Å². The molecule has 0 N–H and O–H groups in total. The van der Waals surface area contributed by atoms with Crippen LogP contribution in [0.2, 0.25) is 0 Å². The van der Waals surface area contributed by atoms with Gasteiger partial charge in [0.05, 0.1) is 34.5 Å². The number of hydrogen-bond donors (Lipinski definition) is 0. The third kappa shape index (κ3) is 5.05. The first-order chi connectivity index (χ1) is 32.7. The standard InChI is InChI=1S/C52H34N2O/c1-2-14-38(15-3-1)53(40-32-27-37(28-33-40)43-20-12-21-46-47-34-29-35-13-4-5-17-42(35)52(47)55-51(43)46)39-30-25-36(26-31-39)41-16-6-9-22-48(41)54-49-23-10-7-18-44(49)45-19-8-11-24-50(45)54/h1-34H/i4D,5D,12D,13D,17D,20D,21D,27D,28D,29D,32D,33D,34D. The first-order valence-electron chi connectivity index (χ1n) is 24.2. The maximum Gasteiger partial charge on any atom is 0.143 e. The van der Waals surface area contributed by atoms with E-state index < -0.39 is 84.1 Å². The Morgan fingerprint density at radius 3 is 1.82 bits per heavy atom. The molecular formula is C52H34N2O. The van der Waals surface area contributed by atoms with Crippen molar-refractivity contribution in [2.45, 2.75) is 0 Å². The maximum absolute atomic E-state index is 9.57. The number of rotatable bonds is 6. The molecule has 0 aliphatic rings. The lowest BCUT2D eigenvalue weighted by molar-refractivity contribution is 0.674. The topological polar surface area (TPSA) is 21.3 Å². The number of para-hydroxylation sites is 5. The van der Waals surface area contributed by atoms with Gasteiger partial charge in [-0.25, -0.2) is 0 Å². The number of fused-ring (bicyclic) bond motifs is 8. The molecule has 11 aromatic rings. The lowest BCUT2D eigenvalue weighted by Gasteiger charge is -2.26. The van der Waals surface area contributed by atoms with Gasteiger partial charge in [-0.3, -0.25) is 0 Å². The lowest BCUT2D eigenvalue weighted by Crippen LogP contribution is -2.09. The average Bonchev–Trinajstić information content (AvgIpc) is 3.92. The molecule has 3 heteroatoms. The summed E-state index contributed by atoms with van der Waals surface area (Å²) in [7, 11) is 0. The summed E-state index contributed by atoms with van der Waals surface area (Å²) in [6.07, 6.45) is 0. The minimum Gasteiger partial charge on any atom is -0.455 e. The van der Waals surface area contributed by atoms with Crippen LogP contribution in [-0.4, -0.2) is 4.57 Å². The summed E-state index contributed by atoms with van der Waals surface area (Å²) in [5, 5.41) is 1.25. The molecule has 0 saturated heterocycles. The maximum atomic E-state index is 9.57. The zero-order valence-electron chi connectivity index (χ0n) is 41.9. The molecule has 0 unspecified atom stereocenters. The zero-order valence-corrected chi connectivity index (χ0v) is 28.9. The molecule has 0 aliphatic carbocycles. The smallest absolute Gasteiger partial charge is 0.143 e. The summed E-state index contributed by atoms with van der Waals surface area (Å²) in [5.41, 5.74) is 4.39. The van der Waals surface area contributed by atoms with E-state index >= 15 is 0 Å². The van der Waals surface area contributed by atoms with Crippen molar-refractivity contribution < 1.29 is 22.2 Å². The van der Waals surface area contributed by atoms with E-state index in [0.717, 1.165) is 38.6 Å². The van der Waals surface area contributed by atoms with E-state index in [1.807, 2.05) is 66.7 Å². The molecule has 11 rings (SSSR count). The van der Waals surface area contributed by atoms with E-state index in [1.54, 1.807) is 29.2 Å². The Morgan fingerprint density at radius 1 is 0.400 bits per heavy atom. The van der Waals surface area contributed by atoms with Gasteiger partial charge in [0.15, 0.2) is 0 Å². The molecule has 3 nitrogen and oxygen atoms in total. The molecule has 0 amide bonds. The molecule has 0 radical (unpaired) electrons. The molecule has 55 heavy (non-hydrogen) atoms. The highest BCUT2D eigenvalue weighted by molar-refractivity contribution is 6.17. The van der Waals surface area contributed by atoms with Gasteiger partial charge in [0.25, 0.3) is 0 Å². The molecule has 0 atom stereocenters. The van der Waals surface area contributed by atoms with Crippen LogP contribution in [0.4, 0.5) is 17.1 Å². The highest BCUT2D eigenvalue weighted by Crippen LogP contribution is 2.42. The number of nitrogens with zero attached hydrogens (tertiary/aromatic N) is 2. The second-order valence-corrected chi connectivity index (χ2v) is 13.1. The van der Waals surface area contributed by atoms with E-state index in [9.17, 15) is 5.48 Å². The molecule has 0 aliphatic heterocycles. The highest BCUT2D eigenvalue weighted by atomic mass is 16.3. The van der Waals surface area contributed by atoms with Crippen molar-refractivity contribution in [1.29, 1.82) is 0 Å². The Hall–Kier alpha value is -7.36. The minimum absolute atomic E-state index is 0.113. The summed E-state index contributed by atoms with van der Waals surface area (Å²) in [4.78, 5) is 1.62. The molecule has 0 bridgehead atoms. The molecule has 0 saturated carbocycles. The second-order valence-electron chi connectivity index (χ2n) is 13.1. The third-order valence-electron chi connectivity index (χ3n) is 10.00. The van der Waals surface area contributed by atoms with Crippen LogP contribution in [0.15, 0.2) is 210 Å². The van der Waals surface area contributed by atoms with Crippen LogP contribution in [0.3, 0.4) is 0 Å². The first kappa shape index (κ1) is 20.8. The van der Waals surface area contributed by atoms with Gasteiger partial charge < -0.3 is 13.9 Å². The summed E-state index contributed by atoms with van der Waals surface area (Å²) in [5.74, 6) is 0. The molecule has 0 spiro atoms. The van der Waals surface area contributed by atoms with Crippen LogP contribution in [0.1, 0.15) is 17.8 Å². The lowest BCUT2D eigenvalue weighted by atomic mass is 10.0. The van der Waals surface area contributed by atoms with Gasteiger partial charge in [-0.15, -0.1) is 0 Å². The highest BCUT2D eigenvalue weighted by Gasteiger charge is 2.18. The van der Waals surface area contributed by atoms with E-state index in [2.05, 4.69) is 41.0 Å². The second kappa shape index (κ2) is 12.6. The molecule has 2 heterocycles. The van der Waals surface area contributed by atoms with Crippen LogP contribution >= 0.6 is 0 Å². The number of hydrogen-bond acceptors (Lipinski definition) is 2. The SMILES string of the molecule is [2H]c1c([2H])c(N(c2ccccc2)c2ccc(-c3ccccc3-n3c4ccccc4c4ccccc43)cc2)c([2H])c([2H])c1-c1c([2H])c([2H])c([2H])c2c1oc1c3c([2H])c([2H])c([2H])c([2H])c3c([2H])c([2H])c12. The summed E-state index contributed by atoms with van der Waals surface area (Å²) in [6, 6.07) is 33.6. The fourth-order valence-corrected chi connectivity index (χ4v) is 7.52. The Bertz CT molecular complexity index is 3880. The van der Waals surface area contributed by atoms with E-state index in [4.69, 9.17) is 16.8 Å². The average molecular weight is 716 g/mol. The monoisotopic (exact) mass is 715 g/mol. The Labute approximate surface area is 336 Å². The fourth-order valence-electron chi connectivity index (χ4n) is 7.52. The molecule has 0 fully saturated rings. The predicted molar refractivity (Wildman–Crippen MR) is 231 cm³/mol. The van der Waals surface area contributed by atoms with Crippen LogP contribution < -0.4 is 4.90 Å². The Balaban J connectivity index is 1.10. The quantitative estimate of drug-likeness (QED) is 0.171. The first-order valence-corrected chi connectivity index (χ1v) is 17.7. The van der Waals surface area contributed by atoms with Crippen LogP contribution in [0, 0.1) is 0 Å².